The summed E-state index contributed by atoms with van der Waals surface area (Å²) in [5.74, 6) is -0.101. The molecule has 2 aromatic heterocycles. The van der Waals surface area contributed by atoms with Gasteiger partial charge in [0, 0.05) is 44.9 Å². The van der Waals surface area contributed by atoms with Gasteiger partial charge in [-0.15, -0.1) is 0 Å². The predicted molar refractivity (Wildman–Crippen MR) is 73.0 cm³/mol. The molecule has 0 atom stereocenters. The molecule has 0 aliphatic rings. The smallest absolute Gasteiger partial charge is 0.272 e. The Morgan fingerprint density at radius 2 is 2.26 bits per heavy atom. The van der Waals surface area contributed by atoms with Crippen LogP contribution < -0.4 is 5.32 Å². The maximum absolute atomic E-state index is 11.8. The molecule has 19 heavy (non-hydrogen) atoms. The van der Waals surface area contributed by atoms with Crippen LogP contribution in [0.5, 0.6) is 0 Å². The molecular weight excluding hydrogens is 242 g/mol. The highest BCUT2D eigenvalue weighted by Gasteiger charge is 2.09. The van der Waals surface area contributed by atoms with Gasteiger partial charge in [-0.25, -0.2) is 0 Å². The molecule has 0 radical (unpaired) electrons. The van der Waals surface area contributed by atoms with Gasteiger partial charge >= 0.3 is 0 Å². The van der Waals surface area contributed by atoms with Crippen LogP contribution in [0.1, 0.15) is 10.5 Å². The Bertz CT molecular complexity index is 536. The van der Waals surface area contributed by atoms with Crippen molar-refractivity contribution in [3.8, 4) is 0 Å². The second-order valence-electron chi connectivity index (χ2n) is 4.33. The number of pyridine rings is 1. The van der Waals surface area contributed by atoms with E-state index in [1.807, 2.05) is 23.0 Å². The van der Waals surface area contributed by atoms with Gasteiger partial charge in [-0.3, -0.25) is 14.5 Å². The maximum Gasteiger partial charge on any atom is 0.272 e. The lowest BCUT2D eigenvalue weighted by Crippen LogP contribution is -2.22. The highest BCUT2D eigenvalue weighted by molar-refractivity contribution is 5.92. The van der Waals surface area contributed by atoms with Crippen molar-refractivity contribution in [3.05, 3.63) is 42.5 Å². The molecule has 0 saturated heterocycles. The summed E-state index contributed by atoms with van der Waals surface area (Å²) in [6, 6.07) is 5.49. The minimum atomic E-state index is -0.101. The Balaban J connectivity index is 1.93. The molecule has 1 amide bonds. The number of carbonyl (C=O) groups is 1. The zero-order chi connectivity index (χ0) is 13.7. The maximum atomic E-state index is 11.8. The molecule has 0 spiro atoms. The Hall–Kier alpha value is -2.37. The fraction of sp³-hybridized carbons (Fsp3) is 0.308. The van der Waals surface area contributed by atoms with Crippen molar-refractivity contribution in [2.24, 2.45) is 0 Å². The number of carbonyl (C=O) groups excluding carboxylic acids is 1. The van der Waals surface area contributed by atoms with Crippen molar-refractivity contribution in [1.29, 1.82) is 0 Å². The lowest BCUT2D eigenvalue weighted by molar-refractivity contribution is 0.0822. The van der Waals surface area contributed by atoms with Gasteiger partial charge in [-0.1, -0.05) is 0 Å². The van der Waals surface area contributed by atoms with Crippen molar-refractivity contribution in [3.63, 3.8) is 0 Å². The topological polar surface area (TPSA) is 63.1 Å². The van der Waals surface area contributed by atoms with Gasteiger partial charge in [0.2, 0.25) is 0 Å². The van der Waals surface area contributed by atoms with E-state index in [0.29, 0.717) is 5.69 Å². The number of nitrogens with zero attached hydrogens (tertiary/aromatic N) is 4. The van der Waals surface area contributed by atoms with Crippen LogP contribution >= 0.6 is 0 Å². The number of nitrogens with one attached hydrogen (secondary N) is 1. The van der Waals surface area contributed by atoms with Crippen LogP contribution in [0.2, 0.25) is 0 Å². The summed E-state index contributed by atoms with van der Waals surface area (Å²) >= 11 is 0. The molecule has 1 N–H and O–H groups in total. The molecule has 0 aliphatic heterocycles. The Morgan fingerprint density at radius 1 is 1.42 bits per heavy atom. The van der Waals surface area contributed by atoms with E-state index in [2.05, 4.69) is 15.4 Å². The third-order valence-corrected chi connectivity index (χ3v) is 2.61. The number of amides is 1. The minimum absolute atomic E-state index is 0.101. The minimum Gasteiger partial charge on any atom is -0.383 e. The van der Waals surface area contributed by atoms with E-state index in [0.717, 1.165) is 18.8 Å². The van der Waals surface area contributed by atoms with E-state index >= 15 is 0 Å². The number of hydrogen-bond acceptors (Lipinski definition) is 4. The van der Waals surface area contributed by atoms with Crippen molar-refractivity contribution in [1.82, 2.24) is 19.7 Å². The van der Waals surface area contributed by atoms with Crippen LogP contribution in [0.15, 0.2) is 36.8 Å². The molecule has 0 aromatic carbocycles. The second-order valence-corrected chi connectivity index (χ2v) is 4.33. The first-order valence-corrected chi connectivity index (χ1v) is 6.06. The van der Waals surface area contributed by atoms with Gasteiger partial charge in [-0.05, 0) is 18.2 Å². The predicted octanol–water partition coefficient (Wildman–Crippen LogP) is 1.09. The van der Waals surface area contributed by atoms with Crippen LogP contribution in [-0.2, 0) is 6.54 Å². The van der Waals surface area contributed by atoms with Gasteiger partial charge in [-0.2, -0.15) is 5.10 Å². The summed E-state index contributed by atoms with van der Waals surface area (Å²) in [5.41, 5.74) is 1.32. The Labute approximate surface area is 112 Å². The quantitative estimate of drug-likeness (QED) is 0.873. The molecular formula is C13H17N5O. The molecule has 0 fully saturated rings. The molecule has 0 unspecified atom stereocenters. The van der Waals surface area contributed by atoms with Crippen LogP contribution in [0.3, 0.4) is 0 Å². The number of rotatable bonds is 5. The first kappa shape index (κ1) is 13.1. The summed E-state index contributed by atoms with van der Waals surface area (Å²) in [6.07, 6.45) is 5.29. The molecule has 0 bridgehead atoms. The van der Waals surface area contributed by atoms with Gasteiger partial charge in [0.25, 0.3) is 5.91 Å². The fourth-order valence-electron chi connectivity index (χ4n) is 1.63. The lowest BCUT2D eigenvalue weighted by Gasteiger charge is -2.11. The monoisotopic (exact) mass is 259 g/mol. The molecule has 6 heteroatoms. The standard InChI is InChI=1S/C13H17N5O/c1-17(2)13(19)12-10-11(4-6-15-12)14-7-9-18-8-3-5-16-18/h3-6,8,10H,7,9H2,1-2H3,(H,14,15). The number of anilines is 1. The molecule has 0 aliphatic carbocycles. The average molecular weight is 259 g/mol. The second kappa shape index (κ2) is 5.99. The SMILES string of the molecule is CN(C)C(=O)c1cc(NCCn2cccn2)ccn1. The van der Waals surface area contributed by atoms with E-state index in [4.69, 9.17) is 0 Å². The largest absolute Gasteiger partial charge is 0.383 e. The zero-order valence-electron chi connectivity index (χ0n) is 11.1. The van der Waals surface area contributed by atoms with E-state index in [1.54, 1.807) is 32.6 Å². The van der Waals surface area contributed by atoms with E-state index < -0.39 is 0 Å². The first-order chi connectivity index (χ1) is 9.16. The van der Waals surface area contributed by atoms with Crippen molar-refractivity contribution < 1.29 is 4.79 Å². The summed E-state index contributed by atoms with van der Waals surface area (Å²) in [6.45, 7) is 1.51. The van der Waals surface area contributed by atoms with Crippen LogP contribution in [0.4, 0.5) is 5.69 Å². The molecule has 2 heterocycles. The van der Waals surface area contributed by atoms with Crippen molar-refractivity contribution in [2.45, 2.75) is 6.54 Å². The number of aromatic nitrogens is 3. The van der Waals surface area contributed by atoms with Crippen molar-refractivity contribution in [2.75, 3.05) is 26.0 Å². The first-order valence-electron chi connectivity index (χ1n) is 6.06. The van der Waals surface area contributed by atoms with Crippen LogP contribution in [-0.4, -0.2) is 46.2 Å². The highest BCUT2D eigenvalue weighted by atomic mass is 16.2. The van der Waals surface area contributed by atoms with Gasteiger partial charge in [0.1, 0.15) is 5.69 Å². The van der Waals surface area contributed by atoms with Gasteiger partial charge in [0.05, 0.1) is 6.54 Å². The third kappa shape index (κ3) is 3.54. The lowest BCUT2D eigenvalue weighted by atomic mass is 10.3. The number of hydrogen-bond donors (Lipinski definition) is 1. The van der Waals surface area contributed by atoms with Crippen molar-refractivity contribution >= 4 is 11.6 Å². The van der Waals surface area contributed by atoms with Crippen LogP contribution in [0, 0.1) is 0 Å². The highest BCUT2D eigenvalue weighted by Crippen LogP contribution is 2.09. The zero-order valence-corrected chi connectivity index (χ0v) is 11.1. The van der Waals surface area contributed by atoms with Crippen LogP contribution in [0.25, 0.3) is 0 Å². The Kier molecular flexibility index (Phi) is 4.12. The molecule has 100 valence electrons. The molecule has 6 nitrogen and oxygen atoms in total. The summed E-state index contributed by atoms with van der Waals surface area (Å²) in [5, 5.41) is 7.37. The molecule has 0 saturated carbocycles. The Morgan fingerprint density at radius 3 is 2.95 bits per heavy atom. The normalized spacial score (nSPS) is 10.2. The molecule has 2 rings (SSSR count). The van der Waals surface area contributed by atoms with E-state index in [-0.39, 0.29) is 5.91 Å². The van der Waals surface area contributed by atoms with E-state index in [1.165, 1.54) is 4.90 Å². The van der Waals surface area contributed by atoms with E-state index in [9.17, 15) is 4.79 Å². The summed E-state index contributed by atoms with van der Waals surface area (Å²) in [7, 11) is 3.42. The third-order valence-electron chi connectivity index (χ3n) is 2.61. The molecule has 2 aromatic rings. The van der Waals surface area contributed by atoms with Gasteiger partial charge < -0.3 is 10.2 Å². The summed E-state index contributed by atoms with van der Waals surface area (Å²) in [4.78, 5) is 17.4. The summed E-state index contributed by atoms with van der Waals surface area (Å²) < 4.78 is 1.85. The average Bonchev–Trinajstić information content (AvgIpc) is 2.91. The fourth-order valence-corrected chi connectivity index (χ4v) is 1.63. The van der Waals surface area contributed by atoms with Gasteiger partial charge in [0.15, 0.2) is 0 Å².